The highest BCUT2D eigenvalue weighted by Gasteiger charge is 2.43. The maximum absolute atomic E-state index is 13.7. The number of rotatable bonds is 4. The highest BCUT2D eigenvalue weighted by Crippen LogP contribution is 2.42. The predicted molar refractivity (Wildman–Crippen MR) is 129 cm³/mol. The lowest BCUT2D eigenvalue weighted by Gasteiger charge is -2.39. The lowest BCUT2D eigenvalue weighted by atomic mass is 9.73. The zero-order valence-corrected chi connectivity index (χ0v) is 19.4. The molecule has 1 heterocycles. The Morgan fingerprint density at radius 2 is 1.66 bits per heavy atom. The third kappa shape index (κ3) is 4.67. The Kier molecular flexibility index (Phi) is 6.54. The lowest BCUT2D eigenvalue weighted by Crippen LogP contribution is -2.47. The molecule has 32 heavy (non-hydrogen) atoms. The minimum Gasteiger partial charge on any atom is -0.348 e. The van der Waals surface area contributed by atoms with Gasteiger partial charge in [-0.25, -0.2) is 0 Å². The molecule has 0 saturated carbocycles. The molecular weight excluding hydrogens is 443 g/mol. The van der Waals surface area contributed by atoms with Crippen LogP contribution in [-0.4, -0.2) is 11.8 Å². The summed E-state index contributed by atoms with van der Waals surface area (Å²) in [6, 6.07) is 19.9. The number of hydrogen-bond acceptors (Lipinski definition) is 2. The van der Waals surface area contributed by atoms with Crippen molar-refractivity contribution in [3.63, 3.8) is 0 Å². The number of carbonyl (C=O) groups excluding carboxylic acids is 2. The topological polar surface area (TPSA) is 58.2 Å². The van der Waals surface area contributed by atoms with Gasteiger partial charge < -0.3 is 10.6 Å². The van der Waals surface area contributed by atoms with E-state index in [-0.39, 0.29) is 24.2 Å². The fourth-order valence-electron chi connectivity index (χ4n) is 4.45. The second-order valence-electron chi connectivity index (χ2n) is 8.23. The molecule has 0 bridgehead atoms. The van der Waals surface area contributed by atoms with Crippen molar-refractivity contribution in [3.05, 3.63) is 99.0 Å². The Hall–Kier alpha value is -2.82. The second kappa shape index (κ2) is 9.35. The number of anilines is 1. The fraction of sp³-hybridized carbons (Fsp3) is 0.231. The van der Waals surface area contributed by atoms with E-state index in [0.29, 0.717) is 15.7 Å². The molecule has 4 nitrogen and oxygen atoms in total. The van der Waals surface area contributed by atoms with Crippen molar-refractivity contribution in [2.45, 2.75) is 32.2 Å². The van der Waals surface area contributed by atoms with E-state index in [1.54, 1.807) is 30.3 Å². The SMILES string of the molecule is Cc1cccc([C@H]2NC(=O)C[C@@H](c3cccc(Cl)c3)[C@@H]2C(=O)Nc2cccc(Cl)c2)c1C. The summed E-state index contributed by atoms with van der Waals surface area (Å²) in [7, 11) is 0. The molecule has 0 aliphatic carbocycles. The molecule has 3 aromatic rings. The minimum absolute atomic E-state index is 0.0901. The van der Waals surface area contributed by atoms with Gasteiger partial charge in [-0.1, -0.05) is 59.6 Å². The van der Waals surface area contributed by atoms with Gasteiger partial charge in [0.25, 0.3) is 0 Å². The Labute approximate surface area is 197 Å². The van der Waals surface area contributed by atoms with Crippen LogP contribution in [-0.2, 0) is 9.59 Å². The quantitative estimate of drug-likeness (QED) is 0.479. The van der Waals surface area contributed by atoms with Gasteiger partial charge in [-0.15, -0.1) is 0 Å². The van der Waals surface area contributed by atoms with Crippen LogP contribution in [0.5, 0.6) is 0 Å². The van der Waals surface area contributed by atoms with E-state index in [1.807, 2.05) is 50.2 Å². The largest absolute Gasteiger partial charge is 0.348 e. The molecule has 2 N–H and O–H groups in total. The van der Waals surface area contributed by atoms with E-state index in [1.165, 1.54) is 0 Å². The predicted octanol–water partition coefficient (Wildman–Crippen LogP) is 6.21. The summed E-state index contributed by atoms with van der Waals surface area (Å²) in [5, 5.41) is 7.21. The number of hydrogen-bond donors (Lipinski definition) is 2. The summed E-state index contributed by atoms with van der Waals surface area (Å²) in [4.78, 5) is 26.5. The molecule has 1 saturated heterocycles. The Morgan fingerprint density at radius 1 is 0.969 bits per heavy atom. The third-order valence-corrected chi connectivity index (χ3v) is 6.64. The maximum atomic E-state index is 13.7. The number of halogens is 2. The number of amides is 2. The van der Waals surface area contributed by atoms with Crippen LogP contribution in [0, 0.1) is 19.8 Å². The summed E-state index contributed by atoms with van der Waals surface area (Å²) in [5.74, 6) is -1.13. The Balaban J connectivity index is 1.80. The first-order valence-electron chi connectivity index (χ1n) is 10.5. The van der Waals surface area contributed by atoms with Crippen LogP contribution in [0.15, 0.2) is 66.7 Å². The molecule has 0 spiro atoms. The van der Waals surface area contributed by atoms with Gasteiger partial charge in [-0.3, -0.25) is 9.59 Å². The molecule has 0 aromatic heterocycles. The molecule has 3 atom stereocenters. The standard InChI is InChI=1S/C26H24Cl2N2O2/c1-15-6-3-11-21(16(15)2)25-24(26(32)29-20-10-5-9-19(28)13-20)22(14-23(31)30-25)17-7-4-8-18(27)12-17/h3-13,22,24-25H,14H2,1-2H3,(H,29,32)(H,30,31)/t22-,24-,25+/m0/s1. The zero-order chi connectivity index (χ0) is 22.8. The maximum Gasteiger partial charge on any atom is 0.230 e. The number of carbonyl (C=O) groups is 2. The van der Waals surface area contributed by atoms with Crippen molar-refractivity contribution >= 4 is 40.7 Å². The van der Waals surface area contributed by atoms with Crippen LogP contribution >= 0.6 is 23.2 Å². The van der Waals surface area contributed by atoms with Gasteiger partial charge in [-0.05, 0) is 66.4 Å². The normalized spacial score (nSPS) is 20.5. The van der Waals surface area contributed by atoms with Crippen LogP contribution in [0.1, 0.15) is 40.6 Å². The van der Waals surface area contributed by atoms with E-state index >= 15 is 0 Å². The first-order chi connectivity index (χ1) is 15.3. The van der Waals surface area contributed by atoms with Crippen molar-refractivity contribution in [2.24, 2.45) is 5.92 Å². The summed E-state index contributed by atoms with van der Waals surface area (Å²) in [6.45, 7) is 4.05. The summed E-state index contributed by atoms with van der Waals surface area (Å²) in [5.41, 5.74) is 4.59. The van der Waals surface area contributed by atoms with Gasteiger partial charge in [0.15, 0.2) is 0 Å². The van der Waals surface area contributed by atoms with Crippen LogP contribution in [0.25, 0.3) is 0 Å². The summed E-state index contributed by atoms with van der Waals surface area (Å²) in [6.07, 6.45) is 0.204. The third-order valence-electron chi connectivity index (χ3n) is 6.17. The van der Waals surface area contributed by atoms with E-state index in [9.17, 15) is 9.59 Å². The van der Waals surface area contributed by atoms with Gasteiger partial charge in [0.05, 0.1) is 12.0 Å². The first kappa shape index (κ1) is 22.4. The summed E-state index contributed by atoms with van der Waals surface area (Å²) < 4.78 is 0. The van der Waals surface area contributed by atoms with E-state index in [4.69, 9.17) is 23.2 Å². The Bertz CT molecular complexity index is 1180. The van der Waals surface area contributed by atoms with Gasteiger partial charge in [-0.2, -0.15) is 0 Å². The van der Waals surface area contributed by atoms with E-state index in [2.05, 4.69) is 10.6 Å². The molecule has 0 radical (unpaired) electrons. The van der Waals surface area contributed by atoms with Crippen molar-refractivity contribution in [1.82, 2.24) is 5.32 Å². The molecule has 4 rings (SSSR count). The second-order valence-corrected chi connectivity index (χ2v) is 9.10. The van der Waals surface area contributed by atoms with Gasteiger partial charge in [0.2, 0.25) is 11.8 Å². The molecule has 2 amide bonds. The number of piperidine rings is 1. The number of benzene rings is 3. The molecule has 1 aliphatic heterocycles. The highest BCUT2D eigenvalue weighted by atomic mass is 35.5. The van der Waals surface area contributed by atoms with E-state index < -0.39 is 12.0 Å². The van der Waals surface area contributed by atoms with Gasteiger partial charge in [0.1, 0.15) is 0 Å². The zero-order valence-electron chi connectivity index (χ0n) is 17.9. The monoisotopic (exact) mass is 466 g/mol. The van der Waals surface area contributed by atoms with Gasteiger partial charge >= 0.3 is 0 Å². The molecular formula is C26H24Cl2N2O2. The highest BCUT2D eigenvalue weighted by molar-refractivity contribution is 6.31. The molecule has 164 valence electrons. The molecule has 0 unspecified atom stereocenters. The van der Waals surface area contributed by atoms with Crippen LogP contribution in [0.3, 0.4) is 0 Å². The summed E-state index contributed by atoms with van der Waals surface area (Å²) >= 11 is 12.4. The molecule has 3 aromatic carbocycles. The van der Waals surface area contributed by atoms with Crippen molar-refractivity contribution in [2.75, 3.05) is 5.32 Å². The van der Waals surface area contributed by atoms with Crippen molar-refractivity contribution in [1.29, 1.82) is 0 Å². The van der Waals surface area contributed by atoms with Crippen LogP contribution in [0.4, 0.5) is 5.69 Å². The smallest absolute Gasteiger partial charge is 0.230 e. The van der Waals surface area contributed by atoms with Crippen molar-refractivity contribution in [3.8, 4) is 0 Å². The average Bonchev–Trinajstić information content (AvgIpc) is 2.75. The Morgan fingerprint density at radius 3 is 2.38 bits per heavy atom. The van der Waals surface area contributed by atoms with Crippen LogP contribution < -0.4 is 10.6 Å². The number of nitrogens with one attached hydrogen (secondary N) is 2. The van der Waals surface area contributed by atoms with E-state index in [0.717, 1.165) is 22.3 Å². The molecule has 1 fully saturated rings. The average molecular weight is 467 g/mol. The minimum atomic E-state index is -0.536. The molecule has 1 aliphatic rings. The first-order valence-corrected chi connectivity index (χ1v) is 11.3. The lowest BCUT2D eigenvalue weighted by molar-refractivity contribution is -0.129. The van der Waals surface area contributed by atoms with Gasteiger partial charge in [0, 0.05) is 28.1 Å². The van der Waals surface area contributed by atoms with Crippen molar-refractivity contribution < 1.29 is 9.59 Å². The number of aryl methyl sites for hydroxylation is 1. The fourth-order valence-corrected chi connectivity index (χ4v) is 4.84. The molecule has 6 heteroatoms. The van der Waals surface area contributed by atoms with Crippen LogP contribution in [0.2, 0.25) is 10.0 Å².